The first-order chi connectivity index (χ1) is 8.95. The van der Waals surface area contributed by atoms with E-state index >= 15 is 0 Å². The fraction of sp³-hybridized carbons (Fsp3) is 0.333. The molecule has 0 amide bonds. The van der Waals surface area contributed by atoms with Gasteiger partial charge < -0.3 is 5.73 Å². The Labute approximate surface area is 113 Å². The summed E-state index contributed by atoms with van der Waals surface area (Å²) in [4.78, 5) is 11.3. The molecule has 4 nitrogen and oxygen atoms in total. The lowest BCUT2D eigenvalue weighted by molar-refractivity contribution is 0.112. The molecule has 0 bridgehead atoms. The number of nitrogens with zero attached hydrogens (tertiary/aromatic N) is 2. The third-order valence-corrected chi connectivity index (χ3v) is 3.24. The van der Waals surface area contributed by atoms with Crippen LogP contribution in [-0.4, -0.2) is 16.1 Å². The minimum Gasteiger partial charge on any atom is -0.383 e. The summed E-state index contributed by atoms with van der Waals surface area (Å²) in [5.41, 5.74) is 10.3. The quantitative estimate of drug-likeness (QED) is 0.859. The molecule has 0 spiro atoms. The molecule has 0 saturated heterocycles. The zero-order valence-corrected chi connectivity index (χ0v) is 11.8. The van der Waals surface area contributed by atoms with Gasteiger partial charge in [-0.05, 0) is 39.3 Å². The molecule has 2 N–H and O–H groups in total. The first kappa shape index (κ1) is 13.3. The third kappa shape index (κ3) is 2.26. The summed E-state index contributed by atoms with van der Waals surface area (Å²) in [6, 6.07) is 6.23. The van der Waals surface area contributed by atoms with Gasteiger partial charge >= 0.3 is 0 Å². The Hall–Kier alpha value is -2.10. The summed E-state index contributed by atoms with van der Waals surface area (Å²) in [7, 11) is 0. The number of nitrogens with two attached hydrogens (primary N) is 1. The Kier molecular flexibility index (Phi) is 3.42. The van der Waals surface area contributed by atoms with Crippen molar-refractivity contribution < 1.29 is 4.79 Å². The van der Waals surface area contributed by atoms with Gasteiger partial charge in [-0.3, -0.25) is 4.79 Å². The normalized spacial score (nSPS) is 11.0. The highest BCUT2D eigenvalue weighted by atomic mass is 16.1. The lowest BCUT2D eigenvalue weighted by atomic mass is 10.0. The fourth-order valence-corrected chi connectivity index (χ4v) is 2.16. The van der Waals surface area contributed by atoms with Gasteiger partial charge in [0.1, 0.15) is 11.5 Å². The van der Waals surface area contributed by atoms with Crippen molar-refractivity contribution in [3.05, 3.63) is 34.9 Å². The summed E-state index contributed by atoms with van der Waals surface area (Å²) < 4.78 is 1.70. The molecule has 100 valence electrons. The average Bonchev–Trinajstić information content (AvgIpc) is 2.69. The van der Waals surface area contributed by atoms with Gasteiger partial charge in [-0.15, -0.1) is 0 Å². The molecule has 0 saturated carbocycles. The van der Waals surface area contributed by atoms with E-state index in [1.165, 1.54) is 0 Å². The van der Waals surface area contributed by atoms with Crippen molar-refractivity contribution in [2.75, 3.05) is 5.73 Å². The number of carbonyl (C=O) groups excluding carboxylic acids is 1. The summed E-state index contributed by atoms with van der Waals surface area (Å²) in [6.07, 6.45) is 0.790. The van der Waals surface area contributed by atoms with Gasteiger partial charge in [0.2, 0.25) is 0 Å². The maximum atomic E-state index is 11.3. The standard InChI is InChI=1S/C15H19N3O/c1-9(2)18-15(16)13(8-19)14(17-18)12-7-10(3)5-6-11(12)4/h5-9H,16H2,1-4H3. The van der Waals surface area contributed by atoms with Gasteiger partial charge in [-0.1, -0.05) is 17.7 Å². The molecule has 4 heteroatoms. The second-order valence-corrected chi connectivity index (χ2v) is 5.12. The second-order valence-electron chi connectivity index (χ2n) is 5.12. The van der Waals surface area contributed by atoms with Crippen LogP contribution in [0.3, 0.4) is 0 Å². The van der Waals surface area contributed by atoms with E-state index in [9.17, 15) is 4.79 Å². The maximum Gasteiger partial charge on any atom is 0.156 e. The number of aldehydes is 1. The van der Waals surface area contributed by atoms with E-state index in [1.807, 2.05) is 45.9 Å². The van der Waals surface area contributed by atoms with E-state index in [-0.39, 0.29) is 6.04 Å². The largest absolute Gasteiger partial charge is 0.383 e. The van der Waals surface area contributed by atoms with Crippen molar-refractivity contribution in [2.45, 2.75) is 33.7 Å². The van der Waals surface area contributed by atoms with Crippen LogP contribution in [0.5, 0.6) is 0 Å². The van der Waals surface area contributed by atoms with E-state index < -0.39 is 0 Å². The Bertz CT molecular complexity index is 627. The Morgan fingerprint density at radius 2 is 2.00 bits per heavy atom. The highest BCUT2D eigenvalue weighted by Crippen LogP contribution is 2.30. The molecule has 1 aromatic carbocycles. The molecule has 2 aromatic rings. The summed E-state index contributed by atoms with van der Waals surface area (Å²) in [5.74, 6) is 0.431. The van der Waals surface area contributed by atoms with Crippen LogP contribution in [0.4, 0.5) is 5.82 Å². The Morgan fingerprint density at radius 1 is 1.32 bits per heavy atom. The molecule has 0 aliphatic heterocycles. The van der Waals surface area contributed by atoms with Crippen LogP contribution in [0.15, 0.2) is 18.2 Å². The van der Waals surface area contributed by atoms with E-state index in [4.69, 9.17) is 5.73 Å². The van der Waals surface area contributed by atoms with Gasteiger partial charge in [0.25, 0.3) is 0 Å². The molecule has 1 heterocycles. The van der Waals surface area contributed by atoms with Crippen LogP contribution >= 0.6 is 0 Å². The van der Waals surface area contributed by atoms with Crippen molar-refractivity contribution in [1.29, 1.82) is 0 Å². The van der Waals surface area contributed by atoms with Crippen molar-refractivity contribution in [1.82, 2.24) is 9.78 Å². The van der Waals surface area contributed by atoms with Crippen LogP contribution in [0.2, 0.25) is 0 Å². The van der Waals surface area contributed by atoms with Gasteiger partial charge in [0.05, 0.1) is 5.56 Å². The topological polar surface area (TPSA) is 60.9 Å². The highest BCUT2D eigenvalue weighted by molar-refractivity contribution is 5.92. The van der Waals surface area contributed by atoms with Crippen molar-refractivity contribution in [3.8, 4) is 11.3 Å². The number of aromatic nitrogens is 2. The van der Waals surface area contributed by atoms with Crippen LogP contribution in [0.1, 0.15) is 41.4 Å². The van der Waals surface area contributed by atoms with Crippen LogP contribution in [0.25, 0.3) is 11.3 Å². The number of aryl methyl sites for hydroxylation is 2. The lowest BCUT2D eigenvalue weighted by Crippen LogP contribution is -2.07. The number of rotatable bonds is 3. The van der Waals surface area contributed by atoms with Crippen molar-refractivity contribution >= 4 is 12.1 Å². The number of carbonyl (C=O) groups is 1. The number of anilines is 1. The molecule has 0 atom stereocenters. The van der Waals surface area contributed by atoms with E-state index in [2.05, 4.69) is 5.10 Å². The summed E-state index contributed by atoms with van der Waals surface area (Å²) in [5, 5.41) is 4.51. The molecule has 0 aliphatic carbocycles. The summed E-state index contributed by atoms with van der Waals surface area (Å²) >= 11 is 0. The van der Waals surface area contributed by atoms with Crippen LogP contribution in [0, 0.1) is 13.8 Å². The summed E-state index contributed by atoms with van der Waals surface area (Å²) in [6.45, 7) is 8.01. The molecule has 2 rings (SSSR count). The molecule has 0 unspecified atom stereocenters. The van der Waals surface area contributed by atoms with Gasteiger partial charge in [0.15, 0.2) is 6.29 Å². The smallest absolute Gasteiger partial charge is 0.156 e. The predicted octanol–water partition coefficient (Wildman–Crippen LogP) is 3.14. The van der Waals surface area contributed by atoms with Gasteiger partial charge in [0, 0.05) is 11.6 Å². The van der Waals surface area contributed by atoms with Gasteiger partial charge in [-0.2, -0.15) is 5.10 Å². The van der Waals surface area contributed by atoms with E-state index in [1.54, 1.807) is 4.68 Å². The SMILES string of the molecule is Cc1ccc(C)c(-c2nn(C(C)C)c(N)c2C=O)c1. The van der Waals surface area contributed by atoms with Gasteiger partial charge in [-0.25, -0.2) is 4.68 Å². The first-order valence-corrected chi connectivity index (χ1v) is 6.36. The van der Waals surface area contributed by atoms with E-state index in [0.717, 1.165) is 23.0 Å². The first-order valence-electron chi connectivity index (χ1n) is 6.36. The Morgan fingerprint density at radius 3 is 2.58 bits per heavy atom. The zero-order valence-electron chi connectivity index (χ0n) is 11.8. The molecular weight excluding hydrogens is 238 g/mol. The minimum atomic E-state index is 0.123. The lowest BCUT2D eigenvalue weighted by Gasteiger charge is -2.07. The van der Waals surface area contributed by atoms with E-state index in [0.29, 0.717) is 17.1 Å². The number of hydrogen-bond acceptors (Lipinski definition) is 3. The van der Waals surface area contributed by atoms with Crippen LogP contribution < -0.4 is 5.73 Å². The van der Waals surface area contributed by atoms with Crippen molar-refractivity contribution in [3.63, 3.8) is 0 Å². The second kappa shape index (κ2) is 4.88. The molecule has 0 radical (unpaired) electrons. The molecule has 0 aliphatic rings. The number of hydrogen-bond donors (Lipinski definition) is 1. The maximum absolute atomic E-state index is 11.3. The molecule has 0 fully saturated rings. The zero-order chi connectivity index (χ0) is 14.2. The third-order valence-electron chi connectivity index (χ3n) is 3.24. The fourth-order valence-electron chi connectivity index (χ4n) is 2.16. The molecule has 19 heavy (non-hydrogen) atoms. The minimum absolute atomic E-state index is 0.123. The molecule has 1 aromatic heterocycles. The predicted molar refractivity (Wildman–Crippen MR) is 77.3 cm³/mol. The number of benzene rings is 1. The highest BCUT2D eigenvalue weighted by Gasteiger charge is 2.19. The monoisotopic (exact) mass is 257 g/mol. The molecular formula is C15H19N3O. The Balaban J connectivity index is 2.71. The van der Waals surface area contributed by atoms with Crippen LogP contribution in [-0.2, 0) is 0 Å². The number of nitrogen functional groups attached to an aromatic ring is 1. The average molecular weight is 257 g/mol. The van der Waals surface area contributed by atoms with Crippen molar-refractivity contribution in [2.24, 2.45) is 0 Å².